The van der Waals surface area contributed by atoms with E-state index >= 15 is 0 Å². The summed E-state index contributed by atoms with van der Waals surface area (Å²) in [5.74, 6) is -0.229. The Hall–Kier alpha value is -2.38. The van der Waals surface area contributed by atoms with E-state index in [0.717, 1.165) is 18.4 Å². The van der Waals surface area contributed by atoms with E-state index in [1.54, 1.807) is 20.8 Å². The summed E-state index contributed by atoms with van der Waals surface area (Å²) in [5.41, 5.74) is 0.702. The van der Waals surface area contributed by atoms with Crippen LogP contribution in [0.3, 0.4) is 0 Å². The van der Waals surface area contributed by atoms with Crippen LogP contribution in [-0.4, -0.2) is 48.0 Å². The van der Waals surface area contributed by atoms with Crippen LogP contribution in [0.2, 0.25) is 0 Å². The fourth-order valence-corrected chi connectivity index (χ4v) is 3.22. The van der Waals surface area contributed by atoms with Crippen LogP contribution in [0, 0.1) is 5.92 Å². The first kappa shape index (κ1) is 28.7. The Morgan fingerprint density at radius 1 is 1.18 bits per heavy atom. The molecule has 33 heavy (non-hydrogen) atoms. The molecule has 0 spiro atoms. The zero-order valence-corrected chi connectivity index (χ0v) is 20.9. The molecule has 0 unspecified atom stereocenters. The Balaban J connectivity index is 2.69. The number of carbonyl (C=O) groups is 2. The Morgan fingerprint density at radius 3 is 2.45 bits per heavy atom. The fourth-order valence-electron chi connectivity index (χ4n) is 3.22. The molecule has 0 saturated carbocycles. The molecule has 3 N–H and O–H groups in total. The average Bonchev–Trinajstić information content (AvgIpc) is 2.72. The summed E-state index contributed by atoms with van der Waals surface area (Å²) >= 11 is 0. The van der Waals surface area contributed by atoms with Gasteiger partial charge in [0.25, 0.3) is 0 Å². The molecule has 0 heterocycles. The first-order chi connectivity index (χ1) is 15.5. The molecule has 1 aromatic carbocycles. The highest BCUT2D eigenvalue weighted by Crippen LogP contribution is 2.17. The summed E-state index contributed by atoms with van der Waals surface area (Å²) in [6.07, 6.45) is 0.767. The lowest BCUT2D eigenvalue weighted by Crippen LogP contribution is -2.47. The largest absolute Gasteiger partial charge is 0.444 e. The molecule has 0 aliphatic rings. The zero-order valence-electron chi connectivity index (χ0n) is 20.9. The van der Waals surface area contributed by atoms with E-state index in [0.29, 0.717) is 26.2 Å². The SMILES string of the molecule is C=C(C[C@@H](O)[C@H](C[C@@H](C)COCc1ccccc1)NC(=O)OC(C)(C)C)C(=O)NCCCC. The molecule has 7 nitrogen and oxygen atoms in total. The Kier molecular flexibility index (Phi) is 12.8. The van der Waals surface area contributed by atoms with Gasteiger partial charge in [0.05, 0.1) is 18.8 Å². The van der Waals surface area contributed by atoms with E-state index in [2.05, 4.69) is 17.2 Å². The van der Waals surface area contributed by atoms with Crippen molar-refractivity contribution < 1.29 is 24.2 Å². The zero-order chi connectivity index (χ0) is 24.9. The van der Waals surface area contributed by atoms with Gasteiger partial charge in [0, 0.05) is 25.1 Å². The molecule has 0 saturated heterocycles. The van der Waals surface area contributed by atoms with E-state index in [1.165, 1.54) is 0 Å². The van der Waals surface area contributed by atoms with Crippen LogP contribution in [0.1, 0.15) is 65.9 Å². The number of carbonyl (C=O) groups excluding carboxylic acids is 2. The molecule has 1 rings (SSSR count). The molecule has 0 fully saturated rings. The van der Waals surface area contributed by atoms with Crippen molar-refractivity contribution in [1.29, 1.82) is 0 Å². The highest BCUT2D eigenvalue weighted by molar-refractivity contribution is 5.92. The number of nitrogens with one attached hydrogen (secondary N) is 2. The molecule has 7 heteroatoms. The van der Waals surface area contributed by atoms with E-state index < -0.39 is 23.8 Å². The molecule has 1 aromatic rings. The lowest BCUT2D eigenvalue weighted by atomic mass is 9.94. The fraction of sp³-hybridized carbons (Fsp3) is 0.615. The van der Waals surface area contributed by atoms with E-state index in [4.69, 9.17) is 9.47 Å². The molecule has 0 aliphatic carbocycles. The molecule has 2 amide bonds. The van der Waals surface area contributed by atoms with Crippen LogP contribution >= 0.6 is 0 Å². The maximum atomic E-state index is 12.4. The monoisotopic (exact) mass is 462 g/mol. The van der Waals surface area contributed by atoms with Crippen molar-refractivity contribution in [1.82, 2.24) is 10.6 Å². The number of rotatable bonds is 14. The number of aliphatic hydroxyl groups excluding tert-OH is 1. The third-order valence-electron chi connectivity index (χ3n) is 4.93. The number of hydrogen-bond acceptors (Lipinski definition) is 5. The first-order valence-corrected chi connectivity index (χ1v) is 11.8. The van der Waals surface area contributed by atoms with Gasteiger partial charge >= 0.3 is 6.09 Å². The van der Waals surface area contributed by atoms with E-state index in [9.17, 15) is 14.7 Å². The Bertz CT molecular complexity index is 730. The smallest absolute Gasteiger partial charge is 0.407 e. The van der Waals surface area contributed by atoms with Crippen molar-refractivity contribution in [2.75, 3.05) is 13.2 Å². The van der Waals surface area contributed by atoms with Crippen LogP contribution in [0.4, 0.5) is 4.79 Å². The van der Waals surface area contributed by atoms with Gasteiger partial charge in [-0.2, -0.15) is 0 Å². The van der Waals surface area contributed by atoms with Gasteiger partial charge in [-0.15, -0.1) is 0 Å². The van der Waals surface area contributed by atoms with Crippen molar-refractivity contribution in [2.24, 2.45) is 5.92 Å². The summed E-state index contributed by atoms with van der Waals surface area (Å²) in [4.78, 5) is 24.6. The standard InChI is InChI=1S/C26H42N2O5/c1-7-8-14-27-24(30)20(3)16-23(29)22(28-25(31)33-26(4,5)6)15-19(2)17-32-18-21-12-10-9-11-13-21/h9-13,19,22-23,29H,3,7-8,14-18H2,1-2,4-6H3,(H,27,30)(H,28,31)/t19-,22+,23-/m1/s1. The van der Waals surface area contributed by atoms with Crippen LogP contribution in [0.25, 0.3) is 0 Å². The van der Waals surface area contributed by atoms with Crippen molar-refractivity contribution in [3.63, 3.8) is 0 Å². The molecule has 0 bridgehead atoms. The Labute approximate surface area is 198 Å². The van der Waals surface area contributed by atoms with Crippen molar-refractivity contribution >= 4 is 12.0 Å². The second-order valence-corrected chi connectivity index (χ2v) is 9.58. The molecule has 3 atom stereocenters. The number of ether oxygens (including phenoxy) is 2. The summed E-state index contributed by atoms with van der Waals surface area (Å²) in [6.45, 7) is 14.7. The maximum absolute atomic E-state index is 12.4. The quantitative estimate of drug-likeness (QED) is 0.282. The predicted octanol–water partition coefficient (Wildman–Crippen LogP) is 4.35. The van der Waals surface area contributed by atoms with Crippen LogP contribution in [0.15, 0.2) is 42.5 Å². The first-order valence-electron chi connectivity index (χ1n) is 11.8. The molecule has 186 valence electrons. The molecule has 0 radical (unpaired) electrons. The van der Waals surface area contributed by atoms with Gasteiger partial charge in [-0.3, -0.25) is 4.79 Å². The normalized spacial score (nSPS) is 14.1. The highest BCUT2D eigenvalue weighted by atomic mass is 16.6. The number of unbranched alkanes of at least 4 members (excludes halogenated alkanes) is 1. The van der Waals surface area contributed by atoms with Gasteiger partial charge < -0.3 is 25.2 Å². The van der Waals surface area contributed by atoms with Gasteiger partial charge in [0.2, 0.25) is 5.91 Å². The van der Waals surface area contributed by atoms with Crippen molar-refractivity contribution in [3.8, 4) is 0 Å². The third-order valence-corrected chi connectivity index (χ3v) is 4.93. The van der Waals surface area contributed by atoms with Gasteiger partial charge in [0.1, 0.15) is 5.60 Å². The van der Waals surface area contributed by atoms with Gasteiger partial charge in [-0.25, -0.2) is 4.79 Å². The molecule has 0 aromatic heterocycles. The number of hydrogen-bond donors (Lipinski definition) is 3. The van der Waals surface area contributed by atoms with Crippen LogP contribution in [-0.2, 0) is 20.9 Å². The molecular weight excluding hydrogens is 420 g/mol. The minimum Gasteiger partial charge on any atom is -0.444 e. The van der Waals surface area contributed by atoms with Crippen molar-refractivity contribution in [2.45, 2.75) is 84.7 Å². The second-order valence-electron chi connectivity index (χ2n) is 9.58. The van der Waals surface area contributed by atoms with Gasteiger partial charge in [0.15, 0.2) is 0 Å². The lowest BCUT2D eigenvalue weighted by molar-refractivity contribution is -0.117. The maximum Gasteiger partial charge on any atom is 0.407 e. The van der Waals surface area contributed by atoms with Gasteiger partial charge in [-0.05, 0) is 45.1 Å². The third kappa shape index (κ3) is 13.0. The Morgan fingerprint density at radius 2 is 1.85 bits per heavy atom. The summed E-state index contributed by atoms with van der Waals surface area (Å²) in [6, 6.07) is 9.26. The number of aliphatic hydroxyl groups is 1. The van der Waals surface area contributed by atoms with Crippen molar-refractivity contribution in [3.05, 3.63) is 48.0 Å². The summed E-state index contributed by atoms with van der Waals surface area (Å²) < 4.78 is 11.2. The lowest BCUT2D eigenvalue weighted by Gasteiger charge is -2.29. The van der Waals surface area contributed by atoms with Gasteiger partial charge in [-0.1, -0.05) is 57.2 Å². The van der Waals surface area contributed by atoms with Crippen LogP contribution < -0.4 is 10.6 Å². The molecule has 0 aliphatic heterocycles. The second kappa shape index (κ2) is 14.7. The van der Waals surface area contributed by atoms with E-state index in [1.807, 2.05) is 44.2 Å². The number of benzene rings is 1. The van der Waals surface area contributed by atoms with E-state index in [-0.39, 0.29) is 23.8 Å². The minimum absolute atomic E-state index is 0.0509. The summed E-state index contributed by atoms with van der Waals surface area (Å²) in [7, 11) is 0. The number of alkyl carbamates (subject to hydrolysis) is 1. The summed E-state index contributed by atoms with van der Waals surface area (Å²) in [5, 5.41) is 16.4. The van der Waals surface area contributed by atoms with Crippen LogP contribution in [0.5, 0.6) is 0 Å². The molecular formula is C26H42N2O5. The number of amides is 2. The average molecular weight is 463 g/mol. The highest BCUT2D eigenvalue weighted by Gasteiger charge is 2.27. The minimum atomic E-state index is -0.987. The predicted molar refractivity (Wildman–Crippen MR) is 131 cm³/mol. The topological polar surface area (TPSA) is 96.9 Å².